The highest BCUT2D eigenvalue weighted by atomic mass is 16.5. The SMILES string of the molecule is Cc1ccc2[nH]c(C(=O)N3CCC[C@H](OCc4ccccn4)C3)c(C)c2c1. The number of nitrogens with one attached hydrogen (secondary N) is 1. The monoisotopic (exact) mass is 363 g/mol. The van der Waals surface area contributed by atoms with Gasteiger partial charge in [-0.2, -0.15) is 0 Å². The number of carbonyl (C=O) groups excluding carboxylic acids is 1. The second kappa shape index (κ2) is 7.53. The number of fused-ring (bicyclic) bond motifs is 1. The zero-order valence-corrected chi connectivity index (χ0v) is 15.9. The van der Waals surface area contributed by atoms with Crippen molar-refractivity contribution in [3.05, 3.63) is 65.1 Å². The fraction of sp³-hybridized carbons (Fsp3) is 0.364. The minimum Gasteiger partial charge on any atom is -0.370 e. The maximum Gasteiger partial charge on any atom is 0.270 e. The molecule has 0 aliphatic carbocycles. The number of H-pyrrole nitrogens is 1. The summed E-state index contributed by atoms with van der Waals surface area (Å²) in [5, 5.41) is 1.12. The lowest BCUT2D eigenvalue weighted by atomic mass is 10.1. The van der Waals surface area contributed by atoms with Crippen LogP contribution in [0.1, 0.15) is 40.2 Å². The first-order valence-corrected chi connectivity index (χ1v) is 9.51. The lowest BCUT2D eigenvalue weighted by molar-refractivity contribution is -0.00800. The molecule has 2 aromatic heterocycles. The number of aryl methyl sites for hydroxylation is 2. The minimum atomic E-state index is 0.0524. The highest BCUT2D eigenvalue weighted by Crippen LogP contribution is 2.25. The summed E-state index contributed by atoms with van der Waals surface area (Å²) in [6, 6.07) is 12.1. The molecule has 27 heavy (non-hydrogen) atoms. The van der Waals surface area contributed by atoms with Crippen molar-refractivity contribution in [1.82, 2.24) is 14.9 Å². The fourth-order valence-electron chi connectivity index (χ4n) is 3.76. The van der Waals surface area contributed by atoms with Crippen molar-refractivity contribution in [2.45, 2.75) is 39.4 Å². The molecule has 5 heteroatoms. The normalized spacial score (nSPS) is 17.4. The van der Waals surface area contributed by atoms with Crippen LogP contribution in [-0.4, -0.2) is 40.0 Å². The zero-order chi connectivity index (χ0) is 18.8. The summed E-state index contributed by atoms with van der Waals surface area (Å²) >= 11 is 0. The molecule has 1 saturated heterocycles. The molecule has 4 rings (SSSR count). The van der Waals surface area contributed by atoms with Gasteiger partial charge in [0.1, 0.15) is 5.69 Å². The summed E-state index contributed by atoms with van der Waals surface area (Å²) in [6.45, 7) is 5.97. The Hall–Kier alpha value is -2.66. The molecule has 1 fully saturated rings. The number of carbonyl (C=O) groups is 1. The number of benzene rings is 1. The Morgan fingerprint density at radius 2 is 2.19 bits per heavy atom. The van der Waals surface area contributed by atoms with Gasteiger partial charge in [0.05, 0.1) is 18.4 Å². The van der Waals surface area contributed by atoms with Crippen LogP contribution in [0.4, 0.5) is 0 Å². The van der Waals surface area contributed by atoms with Crippen molar-refractivity contribution < 1.29 is 9.53 Å². The molecule has 1 amide bonds. The Morgan fingerprint density at radius 3 is 3.00 bits per heavy atom. The van der Waals surface area contributed by atoms with Gasteiger partial charge in [0.25, 0.3) is 5.91 Å². The van der Waals surface area contributed by atoms with Crippen molar-refractivity contribution >= 4 is 16.8 Å². The molecular formula is C22H25N3O2. The van der Waals surface area contributed by atoms with Gasteiger partial charge < -0.3 is 14.6 Å². The largest absolute Gasteiger partial charge is 0.370 e. The molecule has 0 saturated carbocycles. The van der Waals surface area contributed by atoms with Crippen LogP contribution in [0.3, 0.4) is 0 Å². The number of pyridine rings is 1. The molecular weight excluding hydrogens is 338 g/mol. The number of hydrogen-bond donors (Lipinski definition) is 1. The van der Waals surface area contributed by atoms with Crippen molar-refractivity contribution in [2.75, 3.05) is 13.1 Å². The third kappa shape index (κ3) is 3.74. The standard InChI is InChI=1S/C22H25N3O2/c1-15-8-9-20-19(12-15)16(2)21(24-20)22(26)25-11-5-7-18(13-25)27-14-17-6-3-4-10-23-17/h3-4,6,8-10,12,18,24H,5,7,11,13-14H2,1-2H3/t18-/m0/s1. The second-order valence-corrected chi connectivity index (χ2v) is 7.32. The van der Waals surface area contributed by atoms with Gasteiger partial charge in [-0.15, -0.1) is 0 Å². The van der Waals surface area contributed by atoms with Gasteiger partial charge in [-0.1, -0.05) is 17.7 Å². The predicted molar refractivity (Wildman–Crippen MR) is 106 cm³/mol. The zero-order valence-electron chi connectivity index (χ0n) is 15.9. The van der Waals surface area contributed by atoms with E-state index in [4.69, 9.17) is 4.74 Å². The second-order valence-electron chi connectivity index (χ2n) is 7.32. The molecule has 1 aromatic carbocycles. The topological polar surface area (TPSA) is 58.2 Å². The summed E-state index contributed by atoms with van der Waals surface area (Å²) in [5.74, 6) is 0.0625. The summed E-state index contributed by atoms with van der Waals surface area (Å²) in [4.78, 5) is 22.7. The van der Waals surface area contributed by atoms with Crippen LogP contribution in [0, 0.1) is 13.8 Å². The summed E-state index contributed by atoms with van der Waals surface area (Å²) in [7, 11) is 0. The van der Waals surface area contributed by atoms with Crippen LogP contribution < -0.4 is 0 Å². The van der Waals surface area contributed by atoms with E-state index < -0.39 is 0 Å². The Labute approximate surface area is 159 Å². The summed E-state index contributed by atoms with van der Waals surface area (Å²) in [5.41, 5.74) is 4.85. The van der Waals surface area contributed by atoms with E-state index in [0.717, 1.165) is 41.5 Å². The maximum atomic E-state index is 13.1. The highest BCUT2D eigenvalue weighted by Gasteiger charge is 2.27. The van der Waals surface area contributed by atoms with Crippen LogP contribution in [0.5, 0.6) is 0 Å². The smallest absolute Gasteiger partial charge is 0.270 e. The lowest BCUT2D eigenvalue weighted by Gasteiger charge is -2.32. The number of amides is 1. The van der Waals surface area contributed by atoms with Crippen LogP contribution in [0.15, 0.2) is 42.6 Å². The number of nitrogens with zero attached hydrogens (tertiary/aromatic N) is 2. The Bertz CT molecular complexity index is 949. The molecule has 3 aromatic rings. The first-order chi connectivity index (χ1) is 13.1. The van der Waals surface area contributed by atoms with Gasteiger partial charge in [-0.25, -0.2) is 0 Å². The summed E-state index contributed by atoms with van der Waals surface area (Å²) in [6.07, 6.45) is 3.76. The van der Waals surface area contributed by atoms with Crippen LogP contribution in [-0.2, 0) is 11.3 Å². The number of piperidine rings is 1. The first-order valence-electron chi connectivity index (χ1n) is 9.51. The van der Waals surface area contributed by atoms with E-state index in [9.17, 15) is 4.79 Å². The van der Waals surface area contributed by atoms with Crippen molar-refractivity contribution in [1.29, 1.82) is 0 Å². The molecule has 1 atom stereocenters. The van der Waals surface area contributed by atoms with Crippen LogP contribution in [0.25, 0.3) is 10.9 Å². The molecule has 0 radical (unpaired) electrons. The quantitative estimate of drug-likeness (QED) is 0.762. The van der Waals surface area contributed by atoms with Gasteiger partial charge in [0.2, 0.25) is 0 Å². The molecule has 0 spiro atoms. The van der Waals surface area contributed by atoms with E-state index in [1.54, 1.807) is 6.20 Å². The van der Waals surface area contributed by atoms with Crippen LogP contribution >= 0.6 is 0 Å². The van der Waals surface area contributed by atoms with Gasteiger partial charge in [0.15, 0.2) is 0 Å². The van der Waals surface area contributed by atoms with Gasteiger partial charge in [-0.3, -0.25) is 9.78 Å². The average molecular weight is 363 g/mol. The Balaban J connectivity index is 1.46. The van der Waals surface area contributed by atoms with E-state index in [1.807, 2.05) is 36.1 Å². The van der Waals surface area contributed by atoms with Crippen molar-refractivity contribution in [3.8, 4) is 0 Å². The Morgan fingerprint density at radius 1 is 1.30 bits per heavy atom. The molecule has 0 bridgehead atoms. The number of likely N-dealkylation sites (tertiary alicyclic amines) is 1. The van der Waals surface area contributed by atoms with Gasteiger partial charge in [0, 0.05) is 30.2 Å². The van der Waals surface area contributed by atoms with E-state index in [-0.39, 0.29) is 12.0 Å². The Kier molecular flexibility index (Phi) is 4.94. The minimum absolute atomic E-state index is 0.0524. The molecule has 1 aliphatic heterocycles. The van der Waals surface area contributed by atoms with Gasteiger partial charge in [-0.05, 0) is 56.5 Å². The average Bonchev–Trinajstić information content (AvgIpc) is 3.03. The molecule has 1 N–H and O–H groups in total. The van der Waals surface area contributed by atoms with Crippen molar-refractivity contribution in [2.24, 2.45) is 0 Å². The summed E-state index contributed by atoms with van der Waals surface area (Å²) < 4.78 is 6.02. The molecule has 5 nitrogen and oxygen atoms in total. The third-order valence-corrected chi connectivity index (χ3v) is 5.29. The van der Waals surface area contributed by atoms with E-state index >= 15 is 0 Å². The molecule has 3 heterocycles. The maximum absolute atomic E-state index is 13.1. The van der Waals surface area contributed by atoms with Crippen molar-refractivity contribution in [3.63, 3.8) is 0 Å². The highest BCUT2D eigenvalue weighted by molar-refractivity contribution is 6.01. The molecule has 0 unspecified atom stereocenters. The fourth-order valence-corrected chi connectivity index (χ4v) is 3.76. The number of aromatic amines is 1. The van der Waals surface area contributed by atoms with Crippen LogP contribution in [0.2, 0.25) is 0 Å². The number of aromatic nitrogens is 2. The van der Waals surface area contributed by atoms with E-state index in [2.05, 4.69) is 29.0 Å². The number of ether oxygens (including phenoxy) is 1. The van der Waals surface area contributed by atoms with E-state index in [0.29, 0.717) is 18.8 Å². The number of rotatable bonds is 4. The lowest BCUT2D eigenvalue weighted by Crippen LogP contribution is -2.43. The van der Waals surface area contributed by atoms with E-state index in [1.165, 1.54) is 5.56 Å². The molecule has 1 aliphatic rings. The first kappa shape index (κ1) is 17.7. The van der Waals surface area contributed by atoms with Gasteiger partial charge >= 0.3 is 0 Å². The number of hydrogen-bond acceptors (Lipinski definition) is 3. The third-order valence-electron chi connectivity index (χ3n) is 5.29. The molecule has 140 valence electrons. The predicted octanol–water partition coefficient (Wildman–Crippen LogP) is 4.00.